The number of hydrogen-bond donors (Lipinski definition) is 2. The summed E-state index contributed by atoms with van der Waals surface area (Å²) in [4.78, 5) is 12.3. The number of aromatic carboxylic acids is 1. The van der Waals surface area contributed by atoms with Crippen LogP contribution in [0.25, 0.3) is 0 Å². The van der Waals surface area contributed by atoms with Crippen LogP contribution in [0.3, 0.4) is 0 Å². The zero-order valence-electron chi connectivity index (χ0n) is 10.9. The van der Waals surface area contributed by atoms with E-state index in [1.165, 1.54) is 0 Å². The minimum absolute atomic E-state index is 0.348. The number of hydrogen-bond acceptors (Lipinski definition) is 5. The molecule has 0 saturated carbocycles. The summed E-state index contributed by atoms with van der Waals surface area (Å²) in [7, 11) is 0. The molecular weight excluding hydrogens is 264 g/mol. The summed E-state index contributed by atoms with van der Waals surface area (Å²) in [5.41, 5.74) is 4.18. The van der Waals surface area contributed by atoms with Gasteiger partial charge in [0.15, 0.2) is 0 Å². The first-order chi connectivity index (χ1) is 9.22. The van der Waals surface area contributed by atoms with E-state index in [9.17, 15) is 9.90 Å². The van der Waals surface area contributed by atoms with Crippen molar-refractivity contribution in [2.45, 2.75) is 11.8 Å². The van der Waals surface area contributed by atoms with Gasteiger partial charge in [-0.05, 0) is 17.9 Å². The Hall–Kier alpha value is -1.24. The average molecular weight is 282 g/mol. The molecule has 1 saturated heterocycles. The van der Waals surface area contributed by atoms with E-state index in [1.54, 1.807) is 17.8 Å². The van der Waals surface area contributed by atoms with Crippen molar-refractivity contribution in [3.63, 3.8) is 0 Å². The number of ether oxygens (including phenoxy) is 1. The predicted octanol–water partition coefficient (Wildman–Crippen LogP) is 2.16. The highest BCUT2D eigenvalue weighted by atomic mass is 32.2. The SMILES string of the molecule is CCSc1cccc(NN2CCOCC2)c1C(=O)O. The summed E-state index contributed by atoms with van der Waals surface area (Å²) >= 11 is 1.54. The van der Waals surface area contributed by atoms with Crippen molar-refractivity contribution in [2.75, 3.05) is 37.5 Å². The van der Waals surface area contributed by atoms with E-state index < -0.39 is 5.97 Å². The highest BCUT2D eigenvalue weighted by Crippen LogP contribution is 2.29. The summed E-state index contributed by atoms with van der Waals surface area (Å²) in [5.74, 6) is -0.0475. The quantitative estimate of drug-likeness (QED) is 0.807. The topological polar surface area (TPSA) is 61.8 Å². The molecule has 0 unspecified atom stereocenters. The third kappa shape index (κ3) is 3.62. The van der Waals surface area contributed by atoms with Crippen LogP contribution in [-0.2, 0) is 4.74 Å². The second-order valence-corrected chi connectivity index (χ2v) is 5.43. The zero-order valence-corrected chi connectivity index (χ0v) is 11.7. The summed E-state index contributed by atoms with van der Waals surface area (Å²) in [6, 6.07) is 5.54. The van der Waals surface area contributed by atoms with Gasteiger partial charge in [0.25, 0.3) is 0 Å². The second kappa shape index (κ2) is 6.79. The molecule has 104 valence electrons. The van der Waals surface area contributed by atoms with Gasteiger partial charge in [0.05, 0.1) is 24.5 Å². The Morgan fingerprint density at radius 2 is 2.21 bits per heavy atom. The highest BCUT2D eigenvalue weighted by molar-refractivity contribution is 7.99. The minimum Gasteiger partial charge on any atom is -0.478 e. The van der Waals surface area contributed by atoms with Gasteiger partial charge < -0.3 is 15.3 Å². The summed E-state index contributed by atoms with van der Waals surface area (Å²) in [6.07, 6.45) is 0. The molecule has 0 atom stereocenters. The molecule has 0 bridgehead atoms. The lowest BCUT2D eigenvalue weighted by Gasteiger charge is -2.28. The molecule has 1 fully saturated rings. The molecule has 19 heavy (non-hydrogen) atoms. The first-order valence-corrected chi connectivity index (χ1v) is 7.29. The van der Waals surface area contributed by atoms with Crippen molar-refractivity contribution in [2.24, 2.45) is 0 Å². The molecule has 0 amide bonds. The Balaban J connectivity index is 2.22. The lowest BCUT2D eigenvalue weighted by molar-refractivity contribution is 0.0495. The molecule has 6 heteroatoms. The van der Waals surface area contributed by atoms with Crippen LogP contribution in [0.4, 0.5) is 5.69 Å². The molecule has 2 N–H and O–H groups in total. The number of nitrogens with one attached hydrogen (secondary N) is 1. The Labute approximate surface area is 116 Å². The van der Waals surface area contributed by atoms with Crippen molar-refractivity contribution in [3.05, 3.63) is 23.8 Å². The van der Waals surface area contributed by atoms with Gasteiger partial charge in [-0.25, -0.2) is 9.80 Å². The lowest BCUT2D eigenvalue weighted by Crippen LogP contribution is -2.40. The summed E-state index contributed by atoms with van der Waals surface area (Å²) in [5, 5.41) is 11.4. The van der Waals surface area contributed by atoms with E-state index in [4.69, 9.17) is 4.74 Å². The number of nitrogens with zero attached hydrogens (tertiary/aromatic N) is 1. The van der Waals surface area contributed by atoms with Gasteiger partial charge in [0.2, 0.25) is 0 Å². The van der Waals surface area contributed by atoms with Crippen LogP contribution in [0, 0.1) is 0 Å². The van der Waals surface area contributed by atoms with Gasteiger partial charge in [-0.1, -0.05) is 13.0 Å². The fraction of sp³-hybridized carbons (Fsp3) is 0.462. The van der Waals surface area contributed by atoms with Crippen LogP contribution in [-0.4, -0.2) is 48.1 Å². The van der Waals surface area contributed by atoms with E-state index >= 15 is 0 Å². The number of thioether (sulfide) groups is 1. The van der Waals surface area contributed by atoms with E-state index in [0.29, 0.717) is 24.5 Å². The molecule has 1 heterocycles. The largest absolute Gasteiger partial charge is 0.478 e. The average Bonchev–Trinajstić information content (AvgIpc) is 2.40. The maximum atomic E-state index is 11.5. The van der Waals surface area contributed by atoms with Crippen LogP contribution in [0.1, 0.15) is 17.3 Å². The Kier molecular flexibility index (Phi) is 5.07. The van der Waals surface area contributed by atoms with Gasteiger partial charge in [-0.15, -0.1) is 11.8 Å². The van der Waals surface area contributed by atoms with Crippen LogP contribution in [0.15, 0.2) is 23.1 Å². The Morgan fingerprint density at radius 3 is 2.84 bits per heavy atom. The number of hydrazine groups is 1. The fourth-order valence-corrected chi connectivity index (χ4v) is 2.79. The molecule has 1 aliphatic heterocycles. The molecule has 1 aromatic rings. The van der Waals surface area contributed by atoms with Crippen molar-refractivity contribution in [1.82, 2.24) is 5.01 Å². The van der Waals surface area contributed by atoms with Gasteiger partial charge in [-0.2, -0.15) is 0 Å². The van der Waals surface area contributed by atoms with Crippen LogP contribution in [0.2, 0.25) is 0 Å². The molecule has 0 spiro atoms. The first-order valence-electron chi connectivity index (χ1n) is 6.31. The van der Waals surface area contributed by atoms with Gasteiger partial charge in [-0.3, -0.25) is 0 Å². The summed E-state index contributed by atoms with van der Waals surface area (Å²) < 4.78 is 5.28. The fourth-order valence-electron chi connectivity index (χ4n) is 1.97. The molecule has 1 aromatic carbocycles. The van der Waals surface area contributed by atoms with Gasteiger partial charge in [0, 0.05) is 18.0 Å². The monoisotopic (exact) mass is 282 g/mol. The third-order valence-corrected chi connectivity index (χ3v) is 3.77. The molecular formula is C13H18N2O3S. The Morgan fingerprint density at radius 1 is 1.47 bits per heavy atom. The number of carboxylic acids is 1. The van der Waals surface area contributed by atoms with Gasteiger partial charge >= 0.3 is 5.97 Å². The Bertz CT molecular complexity index is 448. The third-order valence-electron chi connectivity index (χ3n) is 2.83. The first kappa shape index (κ1) is 14.2. The zero-order chi connectivity index (χ0) is 13.7. The smallest absolute Gasteiger partial charge is 0.339 e. The van der Waals surface area contributed by atoms with Crippen LogP contribution < -0.4 is 5.43 Å². The maximum absolute atomic E-state index is 11.5. The van der Waals surface area contributed by atoms with Crippen LogP contribution >= 0.6 is 11.8 Å². The second-order valence-electron chi connectivity index (χ2n) is 4.13. The number of benzene rings is 1. The van der Waals surface area contributed by atoms with Crippen molar-refractivity contribution >= 4 is 23.4 Å². The highest BCUT2D eigenvalue weighted by Gasteiger charge is 2.18. The lowest BCUT2D eigenvalue weighted by atomic mass is 10.2. The number of carbonyl (C=O) groups is 1. The van der Waals surface area contributed by atoms with Crippen LogP contribution in [0.5, 0.6) is 0 Å². The van der Waals surface area contributed by atoms with Crippen molar-refractivity contribution in [3.8, 4) is 0 Å². The van der Waals surface area contributed by atoms with E-state index in [-0.39, 0.29) is 0 Å². The number of rotatable bonds is 5. The molecule has 0 aliphatic carbocycles. The van der Waals surface area contributed by atoms with Crippen molar-refractivity contribution in [1.29, 1.82) is 0 Å². The normalized spacial score (nSPS) is 16.3. The molecule has 0 radical (unpaired) electrons. The molecule has 1 aliphatic rings. The molecule has 0 aromatic heterocycles. The van der Waals surface area contributed by atoms with E-state index in [2.05, 4.69) is 5.43 Å². The number of morpholine rings is 1. The van der Waals surface area contributed by atoms with Crippen molar-refractivity contribution < 1.29 is 14.6 Å². The molecule has 2 rings (SSSR count). The van der Waals surface area contributed by atoms with Gasteiger partial charge in [0.1, 0.15) is 0 Å². The minimum atomic E-state index is -0.896. The number of anilines is 1. The predicted molar refractivity (Wildman–Crippen MR) is 75.8 cm³/mol. The standard InChI is InChI=1S/C13H18N2O3S/c1-2-19-11-5-3-4-10(12(11)13(16)17)14-15-6-8-18-9-7-15/h3-5,14H,2,6-9H2,1H3,(H,16,17). The van der Waals surface area contributed by atoms with E-state index in [1.807, 2.05) is 24.1 Å². The van der Waals surface area contributed by atoms with E-state index in [0.717, 1.165) is 23.7 Å². The number of carboxylic acid groups (broad SMARTS) is 1. The maximum Gasteiger partial charge on any atom is 0.339 e. The summed E-state index contributed by atoms with van der Waals surface area (Å²) in [6.45, 7) is 4.85. The molecule has 5 nitrogen and oxygen atoms in total.